The fraction of sp³-hybridized carbons (Fsp3) is 0.0690. The molecule has 1 aliphatic heterocycles. The van der Waals surface area contributed by atoms with E-state index in [0.717, 1.165) is 21.9 Å². The summed E-state index contributed by atoms with van der Waals surface area (Å²) < 4.78 is 6.06. The number of anilines is 1. The highest BCUT2D eigenvalue weighted by Crippen LogP contribution is 2.30. The van der Waals surface area contributed by atoms with Crippen molar-refractivity contribution in [2.45, 2.75) is 13.5 Å². The summed E-state index contributed by atoms with van der Waals surface area (Å²) in [6.07, 6.45) is 1.50. The first-order chi connectivity index (χ1) is 17.4. The second-order valence-corrected chi connectivity index (χ2v) is 9.15. The molecule has 5 nitrogen and oxygen atoms in total. The van der Waals surface area contributed by atoms with Gasteiger partial charge < -0.3 is 4.74 Å². The van der Waals surface area contributed by atoms with E-state index in [-0.39, 0.29) is 10.7 Å². The van der Waals surface area contributed by atoms with E-state index in [9.17, 15) is 9.59 Å². The minimum atomic E-state index is -0.555. The Kier molecular flexibility index (Phi) is 6.55. The summed E-state index contributed by atoms with van der Waals surface area (Å²) >= 11 is 11.8. The third-order valence-corrected chi connectivity index (χ3v) is 6.61. The minimum absolute atomic E-state index is 0.0384. The Morgan fingerprint density at radius 1 is 0.972 bits per heavy atom. The predicted molar refractivity (Wildman–Crippen MR) is 147 cm³/mol. The molecule has 0 bridgehead atoms. The number of nitrogens with one attached hydrogen (secondary N) is 1. The number of nitrogens with zero attached hydrogens (tertiary/aromatic N) is 1. The molecule has 0 saturated carbocycles. The van der Waals surface area contributed by atoms with E-state index in [1.807, 2.05) is 18.2 Å². The smallest absolute Gasteiger partial charge is 0.270 e. The Morgan fingerprint density at radius 2 is 1.72 bits per heavy atom. The van der Waals surface area contributed by atoms with Crippen molar-refractivity contribution in [1.82, 2.24) is 5.32 Å². The van der Waals surface area contributed by atoms with Gasteiger partial charge in [0.1, 0.15) is 17.9 Å². The summed E-state index contributed by atoms with van der Waals surface area (Å²) in [5.41, 5.74) is 3.35. The summed E-state index contributed by atoms with van der Waals surface area (Å²) in [7, 11) is 0. The molecule has 36 heavy (non-hydrogen) atoms. The second kappa shape index (κ2) is 9.93. The lowest BCUT2D eigenvalue weighted by atomic mass is 10.0. The molecule has 4 aromatic carbocycles. The van der Waals surface area contributed by atoms with Crippen molar-refractivity contribution < 1.29 is 14.3 Å². The van der Waals surface area contributed by atoms with Crippen LogP contribution in [0.25, 0.3) is 16.8 Å². The fourth-order valence-electron chi connectivity index (χ4n) is 4.15. The zero-order valence-corrected chi connectivity index (χ0v) is 20.9. The summed E-state index contributed by atoms with van der Waals surface area (Å²) in [4.78, 5) is 27.0. The van der Waals surface area contributed by atoms with Crippen LogP contribution in [0.3, 0.4) is 0 Å². The first kappa shape index (κ1) is 23.7. The van der Waals surface area contributed by atoms with Gasteiger partial charge in [0.15, 0.2) is 5.11 Å². The van der Waals surface area contributed by atoms with Gasteiger partial charge >= 0.3 is 0 Å². The number of amides is 2. The van der Waals surface area contributed by atoms with Gasteiger partial charge in [0, 0.05) is 5.56 Å². The monoisotopic (exact) mass is 512 g/mol. The Balaban J connectivity index is 1.39. The average molecular weight is 513 g/mol. The van der Waals surface area contributed by atoms with Gasteiger partial charge in [-0.25, -0.2) is 0 Å². The molecule has 1 N–H and O–H groups in total. The van der Waals surface area contributed by atoms with Crippen LogP contribution in [0.15, 0.2) is 90.5 Å². The van der Waals surface area contributed by atoms with E-state index in [1.54, 1.807) is 42.5 Å². The van der Waals surface area contributed by atoms with Crippen molar-refractivity contribution in [2.24, 2.45) is 0 Å². The first-order valence-corrected chi connectivity index (χ1v) is 12.1. The highest BCUT2D eigenvalue weighted by molar-refractivity contribution is 7.80. The molecule has 0 aromatic heterocycles. The van der Waals surface area contributed by atoms with Crippen LogP contribution in [0.5, 0.6) is 5.75 Å². The molecule has 0 aliphatic carbocycles. The third-order valence-electron chi connectivity index (χ3n) is 6.03. The standard InChI is InChI=1S/C29H21ClN2O3S/c1-18-11-13-20-7-5-6-10-22(20)24(18)17-35-26-14-12-19(16-25(26)30)15-23-27(33)31-29(36)32(28(23)34)21-8-3-2-4-9-21/h2-16H,17H2,1H3,(H,31,33,36)/b23-15-. The van der Waals surface area contributed by atoms with Crippen molar-refractivity contribution in [1.29, 1.82) is 0 Å². The van der Waals surface area contributed by atoms with Crippen molar-refractivity contribution in [2.75, 3.05) is 4.90 Å². The molecular formula is C29H21ClN2O3S. The highest BCUT2D eigenvalue weighted by atomic mass is 35.5. The molecule has 1 heterocycles. The van der Waals surface area contributed by atoms with E-state index < -0.39 is 11.8 Å². The van der Waals surface area contributed by atoms with E-state index in [0.29, 0.717) is 28.6 Å². The molecule has 4 aromatic rings. The molecule has 0 atom stereocenters. The average Bonchev–Trinajstić information content (AvgIpc) is 2.87. The van der Waals surface area contributed by atoms with Gasteiger partial charge in [-0.3, -0.25) is 19.8 Å². The van der Waals surface area contributed by atoms with Crippen molar-refractivity contribution in [3.05, 3.63) is 112 Å². The number of para-hydroxylation sites is 1. The van der Waals surface area contributed by atoms with Crippen molar-refractivity contribution in [3.8, 4) is 5.75 Å². The topological polar surface area (TPSA) is 58.6 Å². The van der Waals surface area contributed by atoms with E-state index in [1.165, 1.54) is 11.0 Å². The SMILES string of the molecule is Cc1ccc2ccccc2c1COc1ccc(/C=C2/C(=O)NC(=S)N(c3ccccc3)C2=O)cc1Cl. The maximum atomic E-state index is 13.2. The number of rotatable bonds is 5. The van der Waals surface area contributed by atoms with Crippen LogP contribution in [0.4, 0.5) is 5.69 Å². The molecule has 1 fully saturated rings. The molecule has 0 radical (unpaired) electrons. The van der Waals surface area contributed by atoms with Crippen LogP contribution in [-0.2, 0) is 16.2 Å². The molecule has 1 aliphatic rings. The van der Waals surface area contributed by atoms with Crippen LogP contribution in [-0.4, -0.2) is 16.9 Å². The molecule has 0 spiro atoms. The number of benzene rings is 4. The van der Waals surface area contributed by atoms with Crippen LogP contribution in [0.1, 0.15) is 16.7 Å². The van der Waals surface area contributed by atoms with E-state index in [2.05, 4.69) is 36.5 Å². The fourth-order valence-corrected chi connectivity index (χ4v) is 4.67. The Labute approximate surface area is 218 Å². The lowest BCUT2D eigenvalue weighted by molar-refractivity contribution is -0.122. The Hall–Kier alpha value is -4.00. The molecule has 5 rings (SSSR count). The molecule has 0 unspecified atom stereocenters. The zero-order valence-electron chi connectivity index (χ0n) is 19.3. The normalized spacial score (nSPS) is 14.9. The lowest BCUT2D eigenvalue weighted by Gasteiger charge is -2.28. The largest absolute Gasteiger partial charge is 0.487 e. The number of thiocarbonyl (C=S) groups is 1. The summed E-state index contributed by atoms with van der Waals surface area (Å²) in [5.74, 6) is -0.546. The molecule has 2 amide bonds. The lowest BCUT2D eigenvalue weighted by Crippen LogP contribution is -2.54. The molecule has 1 saturated heterocycles. The molecular weight excluding hydrogens is 492 g/mol. The number of carbonyl (C=O) groups excluding carboxylic acids is 2. The Bertz CT molecular complexity index is 1550. The number of aryl methyl sites for hydroxylation is 1. The summed E-state index contributed by atoms with van der Waals surface area (Å²) in [6.45, 7) is 2.41. The van der Waals surface area contributed by atoms with Crippen LogP contribution >= 0.6 is 23.8 Å². The van der Waals surface area contributed by atoms with E-state index >= 15 is 0 Å². The van der Waals surface area contributed by atoms with Crippen molar-refractivity contribution in [3.63, 3.8) is 0 Å². The maximum Gasteiger partial charge on any atom is 0.270 e. The number of ether oxygens (including phenoxy) is 1. The highest BCUT2D eigenvalue weighted by Gasteiger charge is 2.34. The van der Waals surface area contributed by atoms with Crippen LogP contribution < -0.4 is 15.0 Å². The number of carbonyl (C=O) groups is 2. The number of halogens is 1. The van der Waals surface area contributed by atoms with Gasteiger partial charge in [-0.2, -0.15) is 0 Å². The Morgan fingerprint density at radius 3 is 2.50 bits per heavy atom. The first-order valence-electron chi connectivity index (χ1n) is 11.3. The van der Waals surface area contributed by atoms with Crippen LogP contribution in [0.2, 0.25) is 5.02 Å². The zero-order chi connectivity index (χ0) is 25.2. The third kappa shape index (κ3) is 4.61. The summed E-state index contributed by atoms with van der Waals surface area (Å²) in [5, 5.41) is 5.29. The summed E-state index contributed by atoms with van der Waals surface area (Å²) in [6, 6.07) is 26.4. The van der Waals surface area contributed by atoms with Crippen LogP contribution in [0, 0.1) is 6.92 Å². The van der Waals surface area contributed by atoms with Crippen molar-refractivity contribution >= 4 is 63.3 Å². The predicted octanol–water partition coefficient (Wildman–Crippen LogP) is 6.21. The second-order valence-electron chi connectivity index (χ2n) is 8.35. The molecule has 7 heteroatoms. The quantitative estimate of drug-likeness (QED) is 0.196. The van der Waals surface area contributed by atoms with E-state index in [4.69, 9.17) is 28.6 Å². The van der Waals surface area contributed by atoms with Gasteiger partial charge in [0.2, 0.25) is 0 Å². The molecule has 178 valence electrons. The van der Waals surface area contributed by atoms with Gasteiger partial charge in [0.25, 0.3) is 11.8 Å². The maximum absolute atomic E-state index is 13.2. The minimum Gasteiger partial charge on any atom is -0.487 e. The van der Waals surface area contributed by atoms with Gasteiger partial charge in [0.05, 0.1) is 10.7 Å². The number of hydrogen-bond donors (Lipinski definition) is 1. The van der Waals surface area contributed by atoms with Gasteiger partial charge in [-0.1, -0.05) is 72.3 Å². The number of fused-ring (bicyclic) bond motifs is 1. The number of hydrogen-bond acceptors (Lipinski definition) is 4. The van der Waals surface area contributed by atoms with Gasteiger partial charge in [-0.15, -0.1) is 0 Å². The van der Waals surface area contributed by atoms with Gasteiger partial charge in [-0.05, 0) is 71.4 Å².